The number of urea groups is 1. The first-order valence-electron chi connectivity index (χ1n) is 5.73. The smallest absolute Gasteiger partial charge is 0.325 e. The average molecular weight is 243 g/mol. The minimum atomic E-state index is -1.08. The molecule has 0 aliphatic carbocycles. The summed E-state index contributed by atoms with van der Waals surface area (Å²) in [6.45, 7) is 0.743. The van der Waals surface area contributed by atoms with Gasteiger partial charge in [0.15, 0.2) is 0 Å². The third-order valence-corrected chi connectivity index (χ3v) is 3.31. The number of carbonyl (C=O) groups excluding carboxylic acids is 2. The Kier molecular flexibility index (Phi) is 3.32. The van der Waals surface area contributed by atoms with Gasteiger partial charge in [-0.25, -0.2) is 4.79 Å². The van der Waals surface area contributed by atoms with Crippen LogP contribution in [0.1, 0.15) is 12.8 Å². The summed E-state index contributed by atoms with van der Waals surface area (Å²) in [5.41, 5.74) is -0.808. The number of hydrogen-bond donors (Lipinski definition) is 4. The number of amides is 3. The van der Waals surface area contributed by atoms with Crippen LogP contribution in [0.15, 0.2) is 0 Å². The summed E-state index contributed by atoms with van der Waals surface area (Å²) < 4.78 is 0. The van der Waals surface area contributed by atoms with E-state index in [0.717, 1.165) is 4.90 Å². The van der Waals surface area contributed by atoms with E-state index in [4.69, 9.17) is 5.11 Å². The highest BCUT2D eigenvalue weighted by Crippen LogP contribution is 2.26. The van der Waals surface area contributed by atoms with Crippen LogP contribution in [0.3, 0.4) is 0 Å². The highest BCUT2D eigenvalue weighted by atomic mass is 16.3. The lowest BCUT2D eigenvalue weighted by molar-refractivity contribution is -0.133. The number of aliphatic hydroxyl groups excluding tert-OH is 2. The number of aliphatic hydroxyl groups is 2. The molecule has 4 N–H and O–H groups in total. The highest BCUT2D eigenvalue weighted by molar-refractivity contribution is 6.07. The van der Waals surface area contributed by atoms with Crippen LogP contribution in [-0.2, 0) is 4.79 Å². The van der Waals surface area contributed by atoms with E-state index in [-0.39, 0.29) is 12.5 Å². The van der Waals surface area contributed by atoms with Gasteiger partial charge in [0.2, 0.25) is 0 Å². The van der Waals surface area contributed by atoms with Crippen LogP contribution in [0.5, 0.6) is 0 Å². The minimum Gasteiger partial charge on any atom is -0.394 e. The van der Waals surface area contributed by atoms with Crippen molar-refractivity contribution in [3.05, 3.63) is 0 Å². The normalized spacial score (nSPS) is 25.2. The second-order valence-electron chi connectivity index (χ2n) is 4.51. The average Bonchev–Trinajstić information content (AvgIpc) is 2.55. The Morgan fingerprint density at radius 2 is 2.00 bits per heavy atom. The van der Waals surface area contributed by atoms with Crippen LogP contribution in [0.4, 0.5) is 4.79 Å². The van der Waals surface area contributed by atoms with E-state index in [2.05, 4.69) is 10.6 Å². The molecule has 2 fully saturated rings. The van der Waals surface area contributed by atoms with Gasteiger partial charge in [0, 0.05) is 0 Å². The van der Waals surface area contributed by atoms with Crippen molar-refractivity contribution in [1.82, 2.24) is 15.5 Å². The number of β-amino-alcohol motifs (C(OH)–C–C–N with tert-alkyl or cyclic N) is 1. The van der Waals surface area contributed by atoms with E-state index in [1.165, 1.54) is 0 Å². The molecule has 2 heterocycles. The van der Waals surface area contributed by atoms with Gasteiger partial charge in [-0.3, -0.25) is 9.69 Å². The molecule has 7 nitrogen and oxygen atoms in total. The molecule has 0 aromatic heterocycles. The van der Waals surface area contributed by atoms with Crippen molar-refractivity contribution in [2.75, 3.05) is 26.2 Å². The summed E-state index contributed by atoms with van der Waals surface area (Å²) >= 11 is 0. The SMILES string of the molecule is O=C1NC2(CCNCC2)C(=O)N1CC(O)CO. The molecule has 0 aromatic rings. The Morgan fingerprint density at radius 1 is 1.35 bits per heavy atom. The summed E-state index contributed by atoms with van der Waals surface area (Å²) in [5.74, 6) is -0.295. The summed E-state index contributed by atoms with van der Waals surface area (Å²) in [7, 11) is 0. The molecule has 7 heteroatoms. The van der Waals surface area contributed by atoms with Crippen molar-refractivity contribution >= 4 is 11.9 Å². The van der Waals surface area contributed by atoms with Crippen molar-refractivity contribution in [3.8, 4) is 0 Å². The van der Waals surface area contributed by atoms with E-state index in [9.17, 15) is 14.7 Å². The Bertz CT molecular complexity index is 328. The lowest BCUT2D eigenvalue weighted by Gasteiger charge is -2.31. The predicted molar refractivity (Wildman–Crippen MR) is 58.2 cm³/mol. The lowest BCUT2D eigenvalue weighted by Crippen LogP contribution is -2.54. The Labute approximate surface area is 98.8 Å². The van der Waals surface area contributed by atoms with E-state index < -0.39 is 24.3 Å². The number of nitrogens with zero attached hydrogens (tertiary/aromatic N) is 1. The third-order valence-electron chi connectivity index (χ3n) is 3.31. The van der Waals surface area contributed by atoms with Crippen LogP contribution < -0.4 is 10.6 Å². The molecule has 1 spiro atoms. The van der Waals surface area contributed by atoms with Gasteiger partial charge in [-0.1, -0.05) is 0 Å². The second kappa shape index (κ2) is 4.59. The number of piperidine rings is 1. The molecule has 1 atom stereocenters. The van der Waals surface area contributed by atoms with E-state index >= 15 is 0 Å². The first-order chi connectivity index (χ1) is 8.09. The molecule has 2 aliphatic rings. The van der Waals surface area contributed by atoms with Gasteiger partial charge in [-0.2, -0.15) is 0 Å². The van der Waals surface area contributed by atoms with E-state index in [0.29, 0.717) is 25.9 Å². The van der Waals surface area contributed by atoms with Gasteiger partial charge >= 0.3 is 6.03 Å². The van der Waals surface area contributed by atoms with Crippen LogP contribution in [-0.4, -0.2) is 64.9 Å². The zero-order chi connectivity index (χ0) is 12.5. The van der Waals surface area contributed by atoms with Gasteiger partial charge in [0.05, 0.1) is 19.3 Å². The molecule has 2 rings (SSSR count). The Morgan fingerprint density at radius 3 is 2.59 bits per heavy atom. The fraction of sp³-hybridized carbons (Fsp3) is 0.800. The van der Waals surface area contributed by atoms with Crippen molar-refractivity contribution in [2.24, 2.45) is 0 Å². The van der Waals surface area contributed by atoms with Crippen molar-refractivity contribution in [3.63, 3.8) is 0 Å². The second-order valence-corrected chi connectivity index (χ2v) is 4.51. The quantitative estimate of drug-likeness (QED) is 0.430. The number of hydrogen-bond acceptors (Lipinski definition) is 5. The molecule has 0 aromatic carbocycles. The molecule has 2 saturated heterocycles. The monoisotopic (exact) mass is 243 g/mol. The first kappa shape index (κ1) is 12.3. The van der Waals surface area contributed by atoms with E-state index in [1.54, 1.807) is 0 Å². The fourth-order valence-electron chi connectivity index (χ4n) is 2.30. The first-order valence-corrected chi connectivity index (χ1v) is 5.73. The maximum absolute atomic E-state index is 12.2. The number of imide groups is 1. The van der Waals surface area contributed by atoms with Crippen LogP contribution in [0.25, 0.3) is 0 Å². The maximum Gasteiger partial charge on any atom is 0.325 e. The van der Waals surface area contributed by atoms with Crippen LogP contribution in [0, 0.1) is 0 Å². The Balaban J connectivity index is 2.10. The number of carbonyl (C=O) groups is 2. The standard InChI is InChI=1S/C10H17N3O4/c14-6-7(15)5-13-8(16)10(12-9(13)17)1-3-11-4-2-10/h7,11,14-15H,1-6H2,(H,12,17). The van der Waals surface area contributed by atoms with Gasteiger partial charge in [-0.05, 0) is 25.9 Å². The van der Waals surface area contributed by atoms with Gasteiger partial charge in [-0.15, -0.1) is 0 Å². The topological polar surface area (TPSA) is 102 Å². The molecule has 2 aliphatic heterocycles. The summed E-state index contributed by atoms with van der Waals surface area (Å²) in [6, 6.07) is -0.482. The zero-order valence-corrected chi connectivity index (χ0v) is 9.48. The highest BCUT2D eigenvalue weighted by Gasteiger charge is 2.51. The molecule has 0 bridgehead atoms. The molecule has 0 radical (unpaired) electrons. The molecule has 0 saturated carbocycles. The predicted octanol–water partition coefficient (Wildman–Crippen LogP) is -1.99. The van der Waals surface area contributed by atoms with Crippen LogP contribution >= 0.6 is 0 Å². The van der Waals surface area contributed by atoms with Gasteiger partial charge < -0.3 is 20.8 Å². The van der Waals surface area contributed by atoms with Gasteiger partial charge in [0.25, 0.3) is 5.91 Å². The zero-order valence-electron chi connectivity index (χ0n) is 9.48. The molecule has 17 heavy (non-hydrogen) atoms. The third kappa shape index (κ3) is 2.13. The van der Waals surface area contributed by atoms with Gasteiger partial charge in [0.1, 0.15) is 5.54 Å². The van der Waals surface area contributed by atoms with Crippen molar-refractivity contribution < 1.29 is 19.8 Å². The van der Waals surface area contributed by atoms with Crippen LogP contribution in [0.2, 0.25) is 0 Å². The van der Waals surface area contributed by atoms with Crippen molar-refractivity contribution in [1.29, 1.82) is 0 Å². The molecule has 96 valence electrons. The Hall–Kier alpha value is -1.18. The largest absolute Gasteiger partial charge is 0.394 e. The van der Waals surface area contributed by atoms with Crippen molar-refractivity contribution in [2.45, 2.75) is 24.5 Å². The molecule has 3 amide bonds. The number of nitrogens with one attached hydrogen (secondary N) is 2. The summed E-state index contributed by atoms with van der Waals surface area (Å²) in [5, 5.41) is 23.9. The minimum absolute atomic E-state index is 0.156. The molecule has 1 unspecified atom stereocenters. The summed E-state index contributed by atoms with van der Waals surface area (Å²) in [4.78, 5) is 24.8. The fourth-order valence-corrected chi connectivity index (χ4v) is 2.30. The molecular formula is C10H17N3O4. The summed E-state index contributed by atoms with van der Waals surface area (Å²) in [6.07, 6.45) is 0.0358. The maximum atomic E-state index is 12.2. The lowest BCUT2D eigenvalue weighted by atomic mass is 9.88. The van der Waals surface area contributed by atoms with E-state index in [1.807, 2.05) is 0 Å². The molecular weight excluding hydrogens is 226 g/mol. The number of rotatable bonds is 3.